The van der Waals surface area contributed by atoms with Crippen LogP contribution in [-0.2, 0) is 9.53 Å². The molecule has 1 atom stereocenters. The lowest BCUT2D eigenvalue weighted by Gasteiger charge is -2.29. The quantitative estimate of drug-likeness (QED) is 0.872. The van der Waals surface area contributed by atoms with E-state index >= 15 is 0 Å². The van der Waals surface area contributed by atoms with Crippen molar-refractivity contribution < 1.29 is 9.53 Å². The highest BCUT2D eigenvalue weighted by atomic mass is 32.1. The van der Waals surface area contributed by atoms with Crippen LogP contribution < -0.4 is 10.6 Å². The van der Waals surface area contributed by atoms with Crippen LogP contribution in [0.4, 0.5) is 5.69 Å². The third-order valence-electron chi connectivity index (χ3n) is 2.65. The molecule has 2 N–H and O–H groups in total. The number of nitrogens with zero attached hydrogens (tertiary/aromatic N) is 1. The molecule has 0 saturated carbocycles. The predicted molar refractivity (Wildman–Crippen MR) is 71.7 cm³/mol. The van der Waals surface area contributed by atoms with Crippen LogP contribution in [0.1, 0.15) is 17.4 Å². The summed E-state index contributed by atoms with van der Waals surface area (Å²) in [5, 5.41) is 2.06. The predicted octanol–water partition coefficient (Wildman–Crippen LogP) is 1.69. The molecule has 0 radical (unpaired) electrons. The number of rotatable bonds is 5. The molecular formula is C12H20N2O2S. The zero-order valence-corrected chi connectivity index (χ0v) is 11.6. The second-order valence-corrected chi connectivity index (χ2v) is 5.18. The second kappa shape index (κ2) is 6.14. The number of carbonyl (C=O) groups excluding carboxylic acids is 1. The van der Waals surface area contributed by atoms with Crippen molar-refractivity contribution in [1.29, 1.82) is 0 Å². The number of methoxy groups -OCH3 is 1. The minimum atomic E-state index is -0.0702. The van der Waals surface area contributed by atoms with Crippen molar-refractivity contribution in [2.45, 2.75) is 26.8 Å². The van der Waals surface area contributed by atoms with Crippen LogP contribution in [0.2, 0.25) is 0 Å². The summed E-state index contributed by atoms with van der Waals surface area (Å²) < 4.78 is 5.13. The van der Waals surface area contributed by atoms with Gasteiger partial charge >= 0.3 is 0 Å². The van der Waals surface area contributed by atoms with Gasteiger partial charge in [0.05, 0.1) is 24.9 Å². The van der Waals surface area contributed by atoms with E-state index in [0.29, 0.717) is 6.61 Å². The lowest BCUT2D eigenvalue weighted by Crippen LogP contribution is -2.44. The summed E-state index contributed by atoms with van der Waals surface area (Å²) in [6, 6.07) is -0.0111. The first-order valence-electron chi connectivity index (χ1n) is 5.58. The van der Waals surface area contributed by atoms with Crippen molar-refractivity contribution in [2.24, 2.45) is 5.73 Å². The second-order valence-electron chi connectivity index (χ2n) is 4.10. The first-order valence-corrected chi connectivity index (χ1v) is 6.46. The average Bonchev–Trinajstić information content (AvgIpc) is 2.61. The maximum Gasteiger partial charge on any atom is 0.241 e. The summed E-state index contributed by atoms with van der Waals surface area (Å²) in [5.41, 5.74) is 7.57. The number of thiophene rings is 1. The zero-order chi connectivity index (χ0) is 13.0. The van der Waals surface area contributed by atoms with Gasteiger partial charge < -0.3 is 15.4 Å². The van der Waals surface area contributed by atoms with Crippen LogP contribution in [0, 0.1) is 13.8 Å². The van der Waals surface area contributed by atoms with Gasteiger partial charge in [-0.15, -0.1) is 11.3 Å². The average molecular weight is 256 g/mol. The Morgan fingerprint density at radius 1 is 1.59 bits per heavy atom. The molecule has 1 amide bonds. The minimum absolute atomic E-state index is 0.0111. The number of nitrogens with two attached hydrogens (primary N) is 1. The van der Waals surface area contributed by atoms with Gasteiger partial charge in [0.1, 0.15) is 0 Å². The summed E-state index contributed by atoms with van der Waals surface area (Å²) in [6.07, 6.45) is 0. The lowest BCUT2D eigenvalue weighted by molar-refractivity contribution is -0.117. The van der Waals surface area contributed by atoms with E-state index in [1.807, 2.05) is 20.8 Å². The van der Waals surface area contributed by atoms with Crippen molar-refractivity contribution in [2.75, 3.05) is 25.2 Å². The Morgan fingerprint density at radius 2 is 2.24 bits per heavy atom. The molecule has 1 rings (SSSR count). The van der Waals surface area contributed by atoms with Gasteiger partial charge in [-0.3, -0.25) is 4.79 Å². The van der Waals surface area contributed by atoms with Crippen LogP contribution in [0.25, 0.3) is 0 Å². The van der Waals surface area contributed by atoms with Crippen molar-refractivity contribution in [1.82, 2.24) is 0 Å². The molecule has 5 heteroatoms. The standard InChI is InChI=1S/C12H20N2O2S/c1-8-7-17-10(3)12(8)14(11(15)5-13)9(2)6-16-4/h7,9H,5-6,13H2,1-4H3. The minimum Gasteiger partial charge on any atom is -0.383 e. The first-order chi connectivity index (χ1) is 8.02. The number of amides is 1. The number of anilines is 1. The Hall–Kier alpha value is -0.910. The normalized spacial score (nSPS) is 12.5. The number of ether oxygens (including phenoxy) is 1. The fraction of sp³-hybridized carbons (Fsp3) is 0.583. The van der Waals surface area contributed by atoms with Crippen molar-refractivity contribution >= 4 is 22.9 Å². The van der Waals surface area contributed by atoms with E-state index in [9.17, 15) is 4.79 Å². The first kappa shape index (κ1) is 14.2. The number of hydrogen-bond acceptors (Lipinski definition) is 4. The smallest absolute Gasteiger partial charge is 0.241 e. The van der Waals surface area contributed by atoms with Gasteiger partial charge in [-0.2, -0.15) is 0 Å². The maximum atomic E-state index is 12.0. The molecule has 1 unspecified atom stereocenters. The molecule has 0 fully saturated rings. The molecule has 1 aromatic rings. The Labute approximate surface area is 106 Å². The molecule has 4 nitrogen and oxygen atoms in total. The van der Waals surface area contributed by atoms with Gasteiger partial charge in [-0.1, -0.05) is 0 Å². The maximum absolute atomic E-state index is 12.0. The monoisotopic (exact) mass is 256 g/mol. The van der Waals surface area contributed by atoms with Gasteiger partial charge in [0.15, 0.2) is 0 Å². The Morgan fingerprint density at radius 3 is 2.65 bits per heavy atom. The van der Waals surface area contributed by atoms with E-state index in [2.05, 4.69) is 5.38 Å². The molecule has 1 aromatic heterocycles. The zero-order valence-electron chi connectivity index (χ0n) is 10.8. The summed E-state index contributed by atoms with van der Waals surface area (Å²) in [4.78, 5) is 14.9. The fourth-order valence-electron chi connectivity index (χ4n) is 1.93. The molecule has 96 valence electrons. The van der Waals surface area contributed by atoms with Gasteiger partial charge in [0.2, 0.25) is 5.91 Å². The molecule has 1 heterocycles. The molecule has 0 bridgehead atoms. The van der Waals surface area contributed by atoms with E-state index < -0.39 is 0 Å². The third-order valence-corrected chi connectivity index (χ3v) is 3.67. The van der Waals surface area contributed by atoms with Crippen LogP contribution in [0.3, 0.4) is 0 Å². The summed E-state index contributed by atoms with van der Waals surface area (Å²) in [7, 11) is 1.63. The molecule has 0 aliphatic heterocycles. The third kappa shape index (κ3) is 3.06. The molecular weight excluding hydrogens is 236 g/mol. The van der Waals surface area contributed by atoms with E-state index in [-0.39, 0.29) is 18.5 Å². The van der Waals surface area contributed by atoms with Crippen LogP contribution in [0.15, 0.2) is 5.38 Å². The van der Waals surface area contributed by atoms with Crippen LogP contribution >= 0.6 is 11.3 Å². The van der Waals surface area contributed by atoms with E-state index in [1.54, 1.807) is 23.3 Å². The van der Waals surface area contributed by atoms with E-state index in [1.165, 1.54) is 0 Å². The van der Waals surface area contributed by atoms with Gasteiger partial charge in [-0.25, -0.2) is 0 Å². The molecule has 17 heavy (non-hydrogen) atoms. The molecule has 0 aliphatic rings. The lowest BCUT2D eigenvalue weighted by atomic mass is 10.2. The van der Waals surface area contributed by atoms with Crippen molar-refractivity contribution in [3.8, 4) is 0 Å². The SMILES string of the molecule is COCC(C)N(C(=O)CN)c1c(C)csc1C. The molecule has 0 spiro atoms. The van der Waals surface area contributed by atoms with Gasteiger partial charge in [-0.05, 0) is 31.7 Å². The topological polar surface area (TPSA) is 55.6 Å². The largest absolute Gasteiger partial charge is 0.383 e. The summed E-state index contributed by atoms with van der Waals surface area (Å²) >= 11 is 1.65. The Bertz CT molecular complexity index is 370. The van der Waals surface area contributed by atoms with Crippen LogP contribution in [-0.4, -0.2) is 32.2 Å². The van der Waals surface area contributed by atoms with E-state index in [4.69, 9.17) is 10.5 Å². The van der Waals surface area contributed by atoms with Gasteiger partial charge in [0.25, 0.3) is 0 Å². The number of carbonyl (C=O) groups is 1. The summed E-state index contributed by atoms with van der Waals surface area (Å²) in [5.74, 6) is -0.0702. The highest BCUT2D eigenvalue weighted by Gasteiger charge is 2.24. The van der Waals surface area contributed by atoms with Gasteiger partial charge in [0, 0.05) is 12.0 Å². The number of hydrogen-bond donors (Lipinski definition) is 1. The Kier molecular flexibility index (Phi) is 5.11. The Balaban J connectivity index is 3.10. The van der Waals surface area contributed by atoms with Crippen molar-refractivity contribution in [3.05, 3.63) is 15.8 Å². The van der Waals surface area contributed by atoms with Crippen LogP contribution in [0.5, 0.6) is 0 Å². The van der Waals surface area contributed by atoms with Crippen molar-refractivity contribution in [3.63, 3.8) is 0 Å². The fourth-order valence-corrected chi connectivity index (χ4v) is 2.77. The molecule has 0 aliphatic carbocycles. The number of aryl methyl sites for hydroxylation is 2. The highest BCUT2D eigenvalue weighted by Crippen LogP contribution is 2.31. The molecule has 0 aromatic carbocycles. The highest BCUT2D eigenvalue weighted by molar-refractivity contribution is 7.10. The summed E-state index contributed by atoms with van der Waals surface area (Å²) in [6.45, 7) is 6.51. The van der Waals surface area contributed by atoms with E-state index in [0.717, 1.165) is 16.1 Å². The molecule has 0 saturated heterocycles.